The quantitative estimate of drug-likeness (QED) is 0.420. The second-order valence-corrected chi connectivity index (χ2v) is 7.73. The lowest BCUT2D eigenvalue weighted by atomic mass is 10.2. The van der Waals surface area contributed by atoms with Gasteiger partial charge in [-0.05, 0) is 48.9 Å². The fraction of sp³-hybridized carbons (Fsp3) is 0.125. The lowest BCUT2D eigenvalue weighted by Gasteiger charge is -2.08. The second-order valence-electron chi connectivity index (χ2n) is 6.73. The van der Waals surface area contributed by atoms with Crippen LogP contribution in [0.5, 0.6) is 11.5 Å². The fourth-order valence-electron chi connectivity index (χ4n) is 2.86. The van der Waals surface area contributed by atoms with Crippen LogP contribution in [0, 0.1) is 6.92 Å². The summed E-state index contributed by atoms with van der Waals surface area (Å²) in [7, 11) is 0. The number of carbonyl (C=O) groups excluding carboxylic acids is 1. The SMILES string of the molecule is Cc1nc(NC(=O)COc2ccc(OCc3ccccc3)cc2)sc1-c1ccccn1. The lowest BCUT2D eigenvalue weighted by Crippen LogP contribution is -2.20. The van der Waals surface area contributed by atoms with Gasteiger partial charge in [0.15, 0.2) is 11.7 Å². The Kier molecular flexibility index (Phi) is 6.54. The molecule has 1 amide bonds. The van der Waals surface area contributed by atoms with E-state index in [1.165, 1.54) is 11.3 Å². The third-order valence-corrected chi connectivity index (χ3v) is 5.48. The van der Waals surface area contributed by atoms with Crippen molar-refractivity contribution in [2.24, 2.45) is 0 Å². The number of nitrogens with one attached hydrogen (secondary N) is 1. The van der Waals surface area contributed by atoms with Gasteiger partial charge in [0.25, 0.3) is 5.91 Å². The van der Waals surface area contributed by atoms with Gasteiger partial charge in [-0.3, -0.25) is 15.1 Å². The number of nitrogens with zero attached hydrogens (tertiary/aromatic N) is 2. The van der Waals surface area contributed by atoms with Crippen molar-refractivity contribution >= 4 is 22.4 Å². The van der Waals surface area contributed by atoms with Crippen LogP contribution in [0.25, 0.3) is 10.6 Å². The first-order valence-corrected chi connectivity index (χ1v) is 10.6. The maximum Gasteiger partial charge on any atom is 0.264 e. The first kappa shape index (κ1) is 20.6. The van der Waals surface area contributed by atoms with Crippen molar-refractivity contribution < 1.29 is 14.3 Å². The number of aromatic nitrogens is 2. The molecule has 0 aliphatic heterocycles. The number of hydrogen-bond acceptors (Lipinski definition) is 6. The van der Waals surface area contributed by atoms with Crippen molar-refractivity contribution in [2.75, 3.05) is 11.9 Å². The number of amides is 1. The Morgan fingerprint density at radius 3 is 2.35 bits per heavy atom. The van der Waals surface area contributed by atoms with Crippen LogP contribution in [0.4, 0.5) is 5.13 Å². The Labute approximate surface area is 184 Å². The molecule has 2 aromatic carbocycles. The summed E-state index contributed by atoms with van der Waals surface area (Å²) in [6.45, 7) is 2.28. The van der Waals surface area contributed by atoms with E-state index in [2.05, 4.69) is 15.3 Å². The zero-order valence-corrected chi connectivity index (χ0v) is 17.8. The summed E-state index contributed by atoms with van der Waals surface area (Å²) in [5.41, 5.74) is 2.76. The molecule has 0 spiro atoms. The summed E-state index contributed by atoms with van der Waals surface area (Å²) in [6.07, 6.45) is 1.73. The van der Waals surface area contributed by atoms with Crippen LogP contribution in [-0.2, 0) is 11.4 Å². The molecule has 1 N–H and O–H groups in total. The standard InChI is InChI=1S/C24H21N3O3S/c1-17-23(21-9-5-6-14-25-21)31-24(26-17)27-22(28)16-30-20-12-10-19(11-13-20)29-15-18-7-3-2-4-8-18/h2-14H,15-16H2,1H3,(H,26,27,28). The highest BCUT2D eigenvalue weighted by Crippen LogP contribution is 2.31. The van der Waals surface area contributed by atoms with E-state index >= 15 is 0 Å². The summed E-state index contributed by atoms with van der Waals surface area (Å²) >= 11 is 1.39. The minimum Gasteiger partial charge on any atom is -0.489 e. The summed E-state index contributed by atoms with van der Waals surface area (Å²) < 4.78 is 11.3. The van der Waals surface area contributed by atoms with Crippen LogP contribution in [0.1, 0.15) is 11.3 Å². The smallest absolute Gasteiger partial charge is 0.264 e. The molecule has 0 fully saturated rings. The molecule has 4 rings (SSSR count). The van der Waals surface area contributed by atoms with Crippen molar-refractivity contribution in [1.29, 1.82) is 0 Å². The van der Waals surface area contributed by atoms with E-state index in [1.807, 2.05) is 67.6 Å². The van der Waals surface area contributed by atoms with Crippen molar-refractivity contribution in [2.45, 2.75) is 13.5 Å². The van der Waals surface area contributed by atoms with Gasteiger partial charge in [-0.2, -0.15) is 0 Å². The molecule has 6 nitrogen and oxygen atoms in total. The van der Waals surface area contributed by atoms with Crippen molar-refractivity contribution in [3.63, 3.8) is 0 Å². The van der Waals surface area contributed by atoms with Crippen LogP contribution in [-0.4, -0.2) is 22.5 Å². The first-order valence-electron chi connectivity index (χ1n) is 9.75. The molecule has 0 radical (unpaired) electrons. The third-order valence-electron chi connectivity index (χ3n) is 4.38. The van der Waals surface area contributed by atoms with E-state index in [4.69, 9.17) is 9.47 Å². The molecule has 0 saturated carbocycles. The first-order chi connectivity index (χ1) is 15.2. The zero-order chi connectivity index (χ0) is 21.5. The molecule has 31 heavy (non-hydrogen) atoms. The van der Waals surface area contributed by atoms with Crippen LogP contribution in [0.3, 0.4) is 0 Å². The number of rotatable bonds is 8. The van der Waals surface area contributed by atoms with Crippen molar-refractivity contribution in [3.05, 3.63) is 90.3 Å². The number of hydrogen-bond donors (Lipinski definition) is 1. The second kappa shape index (κ2) is 9.86. The lowest BCUT2D eigenvalue weighted by molar-refractivity contribution is -0.118. The topological polar surface area (TPSA) is 73.3 Å². The van der Waals surface area contributed by atoms with E-state index in [-0.39, 0.29) is 12.5 Å². The maximum absolute atomic E-state index is 12.3. The number of ether oxygens (including phenoxy) is 2. The third kappa shape index (κ3) is 5.67. The summed E-state index contributed by atoms with van der Waals surface area (Å²) in [4.78, 5) is 21.9. The van der Waals surface area contributed by atoms with Crippen molar-refractivity contribution in [1.82, 2.24) is 9.97 Å². The van der Waals surface area contributed by atoms with Crippen LogP contribution in [0.2, 0.25) is 0 Å². The van der Waals surface area contributed by atoms with Crippen LogP contribution >= 0.6 is 11.3 Å². The number of aryl methyl sites for hydroxylation is 1. The number of anilines is 1. The van der Waals surface area contributed by atoms with Crippen LogP contribution < -0.4 is 14.8 Å². The number of thiazole rings is 1. The molecule has 4 aromatic rings. The Morgan fingerprint density at radius 1 is 0.935 bits per heavy atom. The highest BCUT2D eigenvalue weighted by Gasteiger charge is 2.13. The van der Waals surface area contributed by atoms with Gasteiger partial charge in [-0.1, -0.05) is 47.7 Å². The van der Waals surface area contributed by atoms with E-state index in [9.17, 15) is 4.79 Å². The summed E-state index contributed by atoms with van der Waals surface area (Å²) in [5, 5.41) is 3.31. The molecule has 2 aromatic heterocycles. The summed E-state index contributed by atoms with van der Waals surface area (Å²) in [6, 6.07) is 22.9. The molecule has 0 aliphatic rings. The Hall–Kier alpha value is -3.71. The van der Waals surface area contributed by atoms with E-state index in [0.29, 0.717) is 17.5 Å². The van der Waals surface area contributed by atoms with Crippen LogP contribution in [0.15, 0.2) is 79.0 Å². The minimum atomic E-state index is -0.272. The van der Waals surface area contributed by atoms with Gasteiger partial charge in [-0.25, -0.2) is 4.98 Å². The van der Waals surface area contributed by atoms with Gasteiger partial charge in [0.2, 0.25) is 0 Å². The summed E-state index contributed by atoms with van der Waals surface area (Å²) in [5.74, 6) is 1.05. The van der Waals surface area contributed by atoms with Gasteiger partial charge >= 0.3 is 0 Å². The molecule has 2 heterocycles. The molecular weight excluding hydrogens is 410 g/mol. The molecule has 7 heteroatoms. The predicted molar refractivity (Wildman–Crippen MR) is 121 cm³/mol. The minimum absolute atomic E-state index is 0.109. The monoisotopic (exact) mass is 431 g/mol. The number of benzene rings is 2. The fourth-order valence-corrected chi connectivity index (χ4v) is 3.82. The molecule has 0 unspecified atom stereocenters. The van der Waals surface area contributed by atoms with Gasteiger partial charge < -0.3 is 9.47 Å². The zero-order valence-electron chi connectivity index (χ0n) is 16.9. The largest absolute Gasteiger partial charge is 0.489 e. The van der Waals surface area contributed by atoms with Gasteiger partial charge in [-0.15, -0.1) is 0 Å². The van der Waals surface area contributed by atoms with Crippen molar-refractivity contribution in [3.8, 4) is 22.1 Å². The number of pyridine rings is 1. The average Bonchev–Trinajstić information content (AvgIpc) is 3.18. The maximum atomic E-state index is 12.3. The normalized spacial score (nSPS) is 10.5. The Bertz CT molecular complexity index is 1130. The molecule has 0 saturated heterocycles. The Balaban J connectivity index is 1.27. The van der Waals surface area contributed by atoms with Gasteiger partial charge in [0.05, 0.1) is 16.3 Å². The van der Waals surface area contributed by atoms with Gasteiger partial charge in [0, 0.05) is 6.20 Å². The predicted octanol–water partition coefficient (Wildman–Crippen LogP) is 5.11. The molecular formula is C24H21N3O3S. The highest BCUT2D eigenvalue weighted by molar-refractivity contribution is 7.19. The highest BCUT2D eigenvalue weighted by atomic mass is 32.1. The molecule has 156 valence electrons. The molecule has 0 aliphatic carbocycles. The number of carbonyl (C=O) groups is 1. The Morgan fingerprint density at radius 2 is 1.65 bits per heavy atom. The van der Waals surface area contributed by atoms with Gasteiger partial charge in [0.1, 0.15) is 18.1 Å². The van der Waals surface area contributed by atoms with E-state index < -0.39 is 0 Å². The van der Waals surface area contributed by atoms with E-state index in [1.54, 1.807) is 18.3 Å². The average molecular weight is 432 g/mol. The van der Waals surface area contributed by atoms with E-state index in [0.717, 1.165) is 27.6 Å². The molecule has 0 bridgehead atoms. The molecule has 0 atom stereocenters.